The van der Waals surface area contributed by atoms with Crippen molar-refractivity contribution in [1.29, 1.82) is 0 Å². The number of carboxylic acids is 1. The van der Waals surface area contributed by atoms with Crippen LogP contribution in [0.15, 0.2) is 41.3 Å². The number of nitrogens with zero attached hydrogens (tertiary/aromatic N) is 2. The number of hydrogen-bond donors (Lipinski definition) is 2. The van der Waals surface area contributed by atoms with Gasteiger partial charge in [0.1, 0.15) is 0 Å². The number of aliphatic carboxylic acids is 1. The van der Waals surface area contributed by atoms with E-state index < -0.39 is 12.1 Å². The van der Waals surface area contributed by atoms with Crippen LogP contribution < -0.4 is 5.32 Å². The maximum Gasteiger partial charge on any atom is 0.490 e. The Labute approximate surface area is 186 Å². The summed E-state index contributed by atoms with van der Waals surface area (Å²) in [5.41, 5.74) is 1.38. The Morgan fingerprint density at radius 2 is 2.00 bits per heavy atom. The highest BCUT2D eigenvalue weighted by Crippen LogP contribution is 2.34. The highest BCUT2D eigenvalue weighted by molar-refractivity contribution is 5.94. The summed E-state index contributed by atoms with van der Waals surface area (Å²) < 4.78 is 42.9. The molecule has 2 saturated heterocycles. The van der Waals surface area contributed by atoms with E-state index in [9.17, 15) is 22.8 Å². The van der Waals surface area contributed by atoms with Crippen molar-refractivity contribution in [2.75, 3.05) is 26.2 Å². The highest BCUT2D eigenvalue weighted by Gasteiger charge is 2.45. The fourth-order valence-corrected chi connectivity index (χ4v) is 3.73. The molecule has 2 aromatic rings. The number of alkyl halides is 3. The van der Waals surface area contributed by atoms with Gasteiger partial charge in [0.25, 0.3) is 11.8 Å². The third kappa shape index (κ3) is 5.89. The fraction of sp³-hybridized carbons (Fsp3) is 0.429. The molecule has 2 aliphatic rings. The van der Waals surface area contributed by atoms with Gasteiger partial charge in [-0.25, -0.2) is 4.79 Å². The van der Waals surface area contributed by atoms with Crippen molar-refractivity contribution >= 4 is 17.8 Å². The number of pyridine rings is 1. The molecular weight excluding hydrogens is 447 g/mol. The first-order valence-corrected chi connectivity index (χ1v) is 10.0. The van der Waals surface area contributed by atoms with Crippen molar-refractivity contribution in [1.82, 2.24) is 15.2 Å². The van der Waals surface area contributed by atoms with E-state index in [0.29, 0.717) is 37.6 Å². The van der Waals surface area contributed by atoms with Crippen LogP contribution >= 0.6 is 0 Å². The zero-order chi connectivity index (χ0) is 24.2. The van der Waals surface area contributed by atoms with Crippen LogP contribution in [-0.4, -0.2) is 71.3 Å². The Bertz CT molecular complexity index is 995. The SMILES string of the molecule is Cc1ccoc1C(=O)N1C[C@@H]2[C@H](CNC(=O)c3cccnc3)CO[C@@H]2C1.O=C(O)C(F)(F)F. The largest absolute Gasteiger partial charge is 0.490 e. The summed E-state index contributed by atoms with van der Waals surface area (Å²) in [5.74, 6) is -2.18. The number of amides is 2. The number of furan rings is 1. The molecule has 9 nitrogen and oxygen atoms in total. The van der Waals surface area contributed by atoms with Crippen LogP contribution in [0.1, 0.15) is 26.5 Å². The summed E-state index contributed by atoms with van der Waals surface area (Å²) in [5, 5.41) is 10.1. The van der Waals surface area contributed by atoms with Crippen LogP contribution in [0.5, 0.6) is 0 Å². The molecule has 0 unspecified atom stereocenters. The number of aryl methyl sites for hydroxylation is 1. The molecule has 33 heavy (non-hydrogen) atoms. The molecule has 3 atom stereocenters. The number of carbonyl (C=O) groups excluding carboxylic acids is 2. The standard InChI is InChI=1S/C19H21N3O4.C2HF3O2/c1-12-4-6-25-17(12)19(24)22-9-15-14(11-26-16(15)10-22)8-21-18(23)13-3-2-5-20-7-13;3-2(4,5)1(6)7/h2-7,14-16H,8-11H2,1H3,(H,21,23);(H,6,7)/t14-,15-,16-;/m1./s1. The van der Waals surface area contributed by atoms with E-state index in [1.807, 2.05) is 6.92 Å². The van der Waals surface area contributed by atoms with E-state index in [1.54, 1.807) is 35.5 Å². The monoisotopic (exact) mass is 469 g/mol. The molecule has 2 N–H and O–H groups in total. The van der Waals surface area contributed by atoms with Gasteiger partial charge in [0.15, 0.2) is 5.76 Å². The van der Waals surface area contributed by atoms with E-state index in [-0.39, 0.29) is 29.8 Å². The second-order valence-electron chi connectivity index (χ2n) is 7.69. The van der Waals surface area contributed by atoms with Gasteiger partial charge in [0.2, 0.25) is 0 Å². The molecule has 12 heteroatoms. The number of carbonyl (C=O) groups is 3. The van der Waals surface area contributed by atoms with Gasteiger partial charge in [-0.1, -0.05) is 0 Å². The summed E-state index contributed by atoms with van der Waals surface area (Å²) in [6.45, 7) is 4.18. The number of nitrogens with one attached hydrogen (secondary N) is 1. The third-order valence-electron chi connectivity index (χ3n) is 5.47. The lowest BCUT2D eigenvalue weighted by Gasteiger charge is -2.19. The number of rotatable bonds is 4. The molecule has 0 saturated carbocycles. The zero-order valence-corrected chi connectivity index (χ0v) is 17.5. The van der Waals surface area contributed by atoms with Gasteiger partial charge in [-0.2, -0.15) is 13.2 Å². The maximum absolute atomic E-state index is 12.6. The first-order valence-electron chi connectivity index (χ1n) is 10.0. The molecule has 0 radical (unpaired) electrons. The molecule has 2 aromatic heterocycles. The van der Waals surface area contributed by atoms with Crippen LogP contribution in [0.3, 0.4) is 0 Å². The summed E-state index contributed by atoms with van der Waals surface area (Å²) in [6.07, 6.45) is -0.344. The fourth-order valence-electron chi connectivity index (χ4n) is 3.73. The molecule has 178 valence electrons. The normalized spacial score (nSPS) is 21.7. The molecule has 0 aromatic carbocycles. The van der Waals surface area contributed by atoms with Crippen LogP contribution in [0.25, 0.3) is 0 Å². The first kappa shape index (κ1) is 24.2. The molecule has 0 bridgehead atoms. The van der Waals surface area contributed by atoms with E-state index in [4.69, 9.17) is 19.1 Å². The number of aromatic nitrogens is 1. The zero-order valence-electron chi connectivity index (χ0n) is 17.5. The van der Waals surface area contributed by atoms with E-state index in [2.05, 4.69) is 10.3 Å². The maximum atomic E-state index is 12.6. The third-order valence-corrected chi connectivity index (χ3v) is 5.47. The predicted octanol–water partition coefficient (Wildman–Crippen LogP) is 2.13. The summed E-state index contributed by atoms with van der Waals surface area (Å²) in [6, 6.07) is 5.26. The van der Waals surface area contributed by atoms with Crippen molar-refractivity contribution in [2.24, 2.45) is 11.8 Å². The van der Waals surface area contributed by atoms with Crippen LogP contribution in [-0.2, 0) is 9.53 Å². The first-order chi connectivity index (χ1) is 15.6. The lowest BCUT2D eigenvalue weighted by atomic mass is 9.93. The minimum absolute atomic E-state index is 0.0227. The Balaban J connectivity index is 0.000000383. The van der Waals surface area contributed by atoms with Crippen LogP contribution in [0.2, 0.25) is 0 Å². The number of likely N-dealkylation sites (tertiary alicyclic amines) is 1. The minimum atomic E-state index is -5.08. The van der Waals surface area contributed by atoms with Gasteiger partial charge in [-0.15, -0.1) is 0 Å². The smallest absolute Gasteiger partial charge is 0.475 e. The van der Waals surface area contributed by atoms with Crippen molar-refractivity contribution < 1.29 is 41.8 Å². The molecular formula is C21H22F3N3O6. The van der Waals surface area contributed by atoms with Crippen molar-refractivity contribution in [2.45, 2.75) is 19.2 Å². The Kier molecular flexibility index (Phi) is 7.36. The van der Waals surface area contributed by atoms with Crippen molar-refractivity contribution in [3.8, 4) is 0 Å². The number of fused-ring (bicyclic) bond motifs is 1. The molecule has 2 aliphatic heterocycles. The summed E-state index contributed by atoms with van der Waals surface area (Å²) >= 11 is 0. The number of carboxylic acid groups (broad SMARTS) is 1. The second-order valence-corrected chi connectivity index (χ2v) is 7.69. The average Bonchev–Trinajstić information content (AvgIpc) is 3.48. The lowest BCUT2D eigenvalue weighted by Crippen LogP contribution is -2.35. The van der Waals surface area contributed by atoms with Crippen LogP contribution in [0, 0.1) is 18.8 Å². The highest BCUT2D eigenvalue weighted by atomic mass is 19.4. The van der Waals surface area contributed by atoms with Gasteiger partial charge >= 0.3 is 12.1 Å². The molecule has 0 spiro atoms. The lowest BCUT2D eigenvalue weighted by molar-refractivity contribution is -0.192. The Hall–Kier alpha value is -3.41. The Morgan fingerprint density at radius 3 is 2.58 bits per heavy atom. The van der Waals surface area contributed by atoms with Gasteiger partial charge in [-0.3, -0.25) is 14.6 Å². The molecule has 2 fully saturated rings. The Morgan fingerprint density at radius 1 is 1.27 bits per heavy atom. The van der Waals surface area contributed by atoms with E-state index in [1.165, 1.54) is 6.26 Å². The topological polar surface area (TPSA) is 122 Å². The summed E-state index contributed by atoms with van der Waals surface area (Å²) in [7, 11) is 0. The predicted molar refractivity (Wildman–Crippen MR) is 106 cm³/mol. The second kappa shape index (κ2) is 10.0. The average molecular weight is 469 g/mol. The van der Waals surface area contributed by atoms with Crippen molar-refractivity contribution in [3.05, 3.63) is 53.7 Å². The summed E-state index contributed by atoms with van der Waals surface area (Å²) in [4.78, 5) is 39.5. The number of hydrogen-bond acceptors (Lipinski definition) is 6. The van der Waals surface area contributed by atoms with Crippen molar-refractivity contribution in [3.63, 3.8) is 0 Å². The van der Waals surface area contributed by atoms with Gasteiger partial charge in [0.05, 0.1) is 24.5 Å². The number of ether oxygens (including phenoxy) is 1. The van der Waals surface area contributed by atoms with Gasteiger partial charge < -0.3 is 24.5 Å². The van der Waals surface area contributed by atoms with E-state index in [0.717, 1.165) is 5.56 Å². The minimum Gasteiger partial charge on any atom is -0.475 e. The van der Waals surface area contributed by atoms with Gasteiger partial charge in [-0.05, 0) is 25.1 Å². The molecule has 4 rings (SSSR count). The molecule has 2 amide bonds. The number of halogens is 3. The molecule has 4 heterocycles. The molecule has 0 aliphatic carbocycles. The van der Waals surface area contributed by atoms with Crippen LogP contribution in [0.4, 0.5) is 13.2 Å². The van der Waals surface area contributed by atoms with Gasteiger partial charge in [0, 0.05) is 49.4 Å². The quantitative estimate of drug-likeness (QED) is 0.704. The van der Waals surface area contributed by atoms with E-state index >= 15 is 0 Å².